The van der Waals surface area contributed by atoms with Crippen LogP contribution < -0.4 is 10.9 Å². The molecule has 2 N–H and O–H groups in total. The molecule has 1 amide bonds. The van der Waals surface area contributed by atoms with Gasteiger partial charge in [0.15, 0.2) is 0 Å². The highest BCUT2D eigenvalue weighted by molar-refractivity contribution is 5.94. The smallest absolute Gasteiger partial charge is 0.254 e. The molecule has 2 unspecified atom stereocenters. The lowest BCUT2D eigenvalue weighted by molar-refractivity contribution is 0.0631. The summed E-state index contributed by atoms with van der Waals surface area (Å²) in [7, 11) is 1.97. The van der Waals surface area contributed by atoms with Crippen LogP contribution in [0.5, 0.6) is 0 Å². The highest BCUT2D eigenvalue weighted by Crippen LogP contribution is 2.21. The van der Waals surface area contributed by atoms with Crippen molar-refractivity contribution < 1.29 is 4.79 Å². The van der Waals surface area contributed by atoms with Crippen molar-refractivity contribution in [2.24, 2.45) is 5.92 Å². The van der Waals surface area contributed by atoms with Gasteiger partial charge in [-0.05, 0) is 25.5 Å². The minimum Gasteiger partial charge on any atom is -0.338 e. The van der Waals surface area contributed by atoms with Crippen LogP contribution in [0.3, 0.4) is 0 Å². The van der Waals surface area contributed by atoms with E-state index in [0.717, 1.165) is 25.9 Å². The Bertz CT molecular complexity index is 497. The average molecular weight is 263 g/mol. The first-order chi connectivity index (χ1) is 9.15. The van der Waals surface area contributed by atoms with E-state index >= 15 is 0 Å². The molecule has 19 heavy (non-hydrogen) atoms. The van der Waals surface area contributed by atoms with Gasteiger partial charge in [0, 0.05) is 37.0 Å². The van der Waals surface area contributed by atoms with Crippen molar-refractivity contribution >= 4 is 5.91 Å². The van der Waals surface area contributed by atoms with Crippen LogP contribution >= 0.6 is 0 Å². The third-order valence-corrected chi connectivity index (χ3v) is 3.94. The first-order valence-electron chi connectivity index (χ1n) is 6.81. The van der Waals surface area contributed by atoms with Crippen LogP contribution in [0, 0.1) is 5.92 Å². The van der Waals surface area contributed by atoms with E-state index in [-0.39, 0.29) is 11.5 Å². The quantitative estimate of drug-likeness (QED) is 0.849. The average Bonchev–Trinajstić information content (AvgIpc) is 2.45. The zero-order chi connectivity index (χ0) is 13.8. The lowest BCUT2D eigenvalue weighted by atomic mass is 9.90. The van der Waals surface area contributed by atoms with Crippen LogP contribution in [0.4, 0.5) is 0 Å². The zero-order valence-electron chi connectivity index (χ0n) is 11.5. The third-order valence-electron chi connectivity index (χ3n) is 3.94. The SMILES string of the molecule is CCC1CN(C(=O)c2cc[nH]c(=O)c2)CCC1NC. The molecule has 1 aliphatic rings. The molecule has 0 aliphatic carbocycles. The molecule has 1 aromatic rings. The number of hydrogen-bond acceptors (Lipinski definition) is 3. The van der Waals surface area contributed by atoms with Crippen molar-refractivity contribution in [3.05, 3.63) is 34.2 Å². The summed E-state index contributed by atoms with van der Waals surface area (Å²) in [5, 5.41) is 3.32. The van der Waals surface area contributed by atoms with Crippen LogP contribution in [-0.4, -0.2) is 42.0 Å². The molecule has 0 aromatic carbocycles. The van der Waals surface area contributed by atoms with E-state index < -0.39 is 0 Å². The second-order valence-corrected chi connectivity index (χ2v) is 5.04. The van der Waals surface area contributed by atoms with Crippen molar-refractivity contribution in [3.8, 4) is 0 Å². The van der Waals surface area contributed by atoms with Crippen LogP contribution in [0.15, 0.2) is 23.1 Å². The number of amides is 1. The van der Waals surface area contributed by atoms with Crippen molar-refractivity contribution in [1.82, 2.24) is 15.2 Å². The van der Waals surface area contributed by atoms with Crippen molar-refractivity contribution in [1.29, 1.82) is 0 Å². The highest BCUT2D eigenvalue weighted by Gasteiger charge is 2.29. The fourth-order valence-corrected chi connectivity index (χ4v) is 2.77. The van der Waals surface area contributed by atoms with E-state index in [9.17, 15) is 9.59 Å². The Morgan fingerprint density at radius 3 is 3.00 bits per heavy atom. The van der Waals surface area contributed by atoms with E-state index in [1.165, 1.54) is 12.3 Å². The molecule has 2 atom stereocenters. The normalized spacial score (nSPS) is 23.4. The molecule has 5 nitrogen and oxygen atoms in total. The number of rotatable bonds is 3. The minimum atomic E-state index is -0.233. The molecular formula is C14H21N3O2. The number of nitrogens with zero attached hydrogens (tertiary/aromatic N) is 1. The summed E-state index contributed by atoms with van der Waals surface area (Å²) in [5.74, 6) is 0.434. The number of carbonyl (C=O) groups is 1. The molecule has 1 aliphatic heterocycles. The first-order valence-corrected chi connectivity index (χ1v) is 6.81. The first kappa shape index (κ1) is 13.8. The summed E-state index contributed by atoms with van der Waals surface area (Å²) in [6.07, 6.45) is 3.53. The number of pyridine rings is 1. The lowest BCUT2D eigenvalue weighted by Gasteiger charge is -2.38. The van der Waals surface area contributed by atoms with Crippen LogP contribution in [0.2, 0.25) is 0 Å². The second kappa shape index (κ2) is 6.02. The number of aromatic nitrogens is 1. The Labute approximate surface area is 113 Å². The van der Waals surface area contributed by atoms with Crippen molar-refractivity contribution in [2.75, 3.05) is 20.1 Å². The summed E-state index contributed by atoms with van der Waals surface area (Å²) in [5.41, 5.74) is 0.240. The number of piperidine rings is 1. The van der Waals surface area contributed by atoms with Crippen LogP contribution in [0.25, 0.3) is 0 Å². The molecule has 0 bridgehead atoms. The summed E-state index contributed by atoms with van der Waals surface area (Å²) < 4.78 is 0. The monoisotopic (exact) mass is 263 g/mol. The van der Waals surface area contributed by atoms with E-state index in [1.807, 2.05) is 11.9 Å². The standard InChI is InChI=1S/C14H21N3O2/c1-3-10-9-17(7-5-12(10)15-2)14(19)11-4-6-16-13(18)8-11/h4,6,8,10,12,15H,3,5,7,9H2,1-2H3,(H,16,18). The molecule has 1 aromatic heterocycles. The van der Waals surface area contributed by atoms with Crippen molar-refractivity contribution in [3.63, 3.8) is 0 Å². The highest BCUT2D eigenvalue weighted by atomic mass is 16.2. The van der Waals surface area contributed by atoms with Crippen LogP contribution in [-0.2, 0) is 0 Å². The molecule has 2 rings (SSSR count). The molecule has 0 saturated carbocycles. The molecule has 0 spiro atoms. The fraction of sp³-hybridized carbons (Fsp3) is 0.571. The van der Waals surface area contributed by atoms with Gasteiger partial charge in [-0.25, -0.2) is 0 Å². The molecule has 1 saturated heterocycles. The molecular weight excluding hydrogens is 242 g/mol. The van der Waals surface area contributed by atoms with Gasteiger partial charge in [-0.3, -0.25) is 9.59 Å². The molecule has 0 radical (unpaired) electrons. The zero-order valence-corrected chi connectivity index (χ0v) is 11.5. The summed E-state index contributed by atoms with van der Waals surface area (Å²) in [4.78, 5) is 28.0. The molecule has 104 valence electrons. The van der Waals surface area contributed by atoms with Gasteiger partial charge in [0.25, 0.3) is 5.91 Å². The summed E-state index contributed by atoms with van der Waals surface area (Å²) >= 11 is 0. The van der Waals surface area contributed by atoms with Gasteiger partial charge in [-0.2, -0.15) is 0 Å². The number of H-pyrrole nitrogens is 1. The second-order valence-electron chi connectivity index (χ2n) is 5.04. The predicted molar refractivity (Wildman–Crippen MR) is 74.2 cm³/mol. The maximum Gasteiger partial charge on any atom is 0.254 e. The van der Waals surface area contributed by atoms with Gasteiger partial charge in [-0.1, -0.05) is 13.3 Å². The number of likely N-dealkylation sites (tertiary alicyclic amines) is 1. The van der Waals surface area contributed by atoms with E-state index in [1.54, 1.807) is 6.07 Å². The summed E-state index contributed by atoms with van der Waals surface area (Å²) in [6, 6.07) is 3.51. The van der Waals surface area contributed by atoms with Gasteiger partial charge in [-0.15, -0.1) is 0 Å². The third kappa shape index (κ3) is 3.04. The van der Waals surface area contributed by atoms with E-state index in [4.69, 9.17) is 0 Å². The van der Waals surface area contributed by atoms with Gasteiger partial charge in [0.1, 0.15) is 0 Å². The van der Waals surface area contributed by atoms with Gasteiger partial charge in [0.05, 0.1) is 0 Å². The number of aromatic amines is 1. The molecule has 1 fully saturated rings. The van der Waals surface area contributed by atoms with E-state index in [0.29, 0.717) is 17.5 Å². The van der Waals surface area contributed by atoms with Crippen LogP contribution in [0.1, 0.15) is 30.1 Å². The topological polar surface area (TPSA) is 65.2 Å². The maximum atomic E-state index is 12.4. The lowest BCUT2D eigenvalue weighted by Crippen LogP contribution is -2.50. The van der Waals surface area contributed by atoms with E-state index in [2.05, 4.69) is 17.2 Å². The Morgan fingerprint density at radius 2 is 2.37 bits per heavy atom. The summed E-state index contributed by atoms with van der Waals surface area (Å²) in [6.45, 7) is 3.65. The molecule has 5 heteroatoms. The maximum absolute atomic E-state index is 12.4. The molecule has 2 heterocycles. The number of nitrogens with one attached hydrogen (secondary N) is 2. The Balaban J connectivity index is 2.10. The fourth-order valence-electron chi connectivity index (χ4n) is 2.77. The van der Waals surface area contributed by atoms with Gasteiger partial charge >= 0.3 is 0 Å². The largest absolute Gasteiger partial charge is 0.338 e. The predicted octanol–water partition coefficient (Wildman–Crippen LogP) is 0.835. The van der Waals surface area contributed by atoms with Gasteiger partial charge < -0.3 is 15.2 Å². The Hall–Kier alpha value is -1.62. The van der Waals surface area contributed by atoms with Gasteiger partial charge in [0.2, 0.25) is 5.56 Å². The Kier molecular flexibility index (Phi) is 4.37. The Morgan fingerprint density at radius 1 is 1.58 bits per heavy atom. The number of hydrogen-bond donors (Lipinski definition) is 2. The van der Waals surface area contributed by atoms with Crippen molar-refractivity contribution in [2.45, 2.75) is 25.8 Å². The number of carbonyl (C=O) groups excluding carboxylic acids is 1. The minimum absolute atomic E-state index is 0.0425.